The summed E-state index contributed by atoms with van der Waals surface area (Å²) >= 11 is 1.64. The Morgan fingerprint density at radius 3 is 2.80 bits per heavy atom. The summed E-state index contributed by atoms with van der Waals surface area (Å²) in [5.74, 6) is 1.14. The van der Waals surface area contributed by atoms with Gasteiger partial charge in [-0.2, -0.15) is 11.8 Å². The van der Waals surface area contributed by atoms with E-state index in [1.807, 2.05) is 0 Å². The third kappa shape index (κ3) is 3.99. The normalized spacial score (nSPS) is 24.7. The van der Waals surface area contributed by atoms with Crippen LogP contribution in [-0.2, 0) is 14.3 Å². The molecular weight excluding hydrogens is 218 g/mol. The Balaban J connectivity index is 2.39. The van der Waals surface area contributed by atoms with Crippen LogP contribution in [0.1, 0.15) is 13.8 Å². The average molecular weight is 233 g/mol. The maximum Gasteiger partial charge on any atom is 0.407 e. The zero-order valence-corrected chi connectivity index (χ0v) is 9.63. The molecule has 0 aromatic carbocycles. The van der Waals surface area contributed by atoms with Crippen molar-refractivity contribution in [2.45, 2.75) is 26.0 Å². The quantitative estimate of drug-likeness (QED) is 0.730. The number of carbonyl (C=O) groups is 2. The van der Waals surface area contributed by atoms with Crippen LogP contribution in [0.25, 0.3) is 0 Å². The second kappa shape index (κ2) is 5.85. The fourth-order valence-electron chi connectivity index (χ4n) is 1.32. The van der Waals surface area contributed by atoms with Gasteiger partial charge in [0.1, 0.15) is 6.10 Å². The molecular formula is C9H15NO4S. The summed E-state index contributed by atoms with van der Waals surface area (Å²) < 4.78 is 9.83. The van der Waals surface area contributed by atoms with Gasteiger partial charge >= 0.3 is 12.1 Å². The molecule has 1 rings (SSSR count). The number of thioether (sulfide) groups is 1. The van der Waals surface area contributed by atoms with Crippen molar-refractivity contribution in [3.63, 3.8) is 0 Å². The lowest BCUT2D eigenvalue weighted by molar-refractivity contribution is -0.146. The van der Waals surface area contributed by atoms with E-state index in [0.717, 1.165) is 11.5 Å². The monoisotopic (exact) mass is 233 g/mol. The molecule has 86 valence electrons. The molecule has 1 saturated heterocycles. The summed E-state index contributed by atoms with van der Waals surface area (Å²) in [5, 5.41) is 2.68. The van der Waals surface area contributed by atoms with E-state index in [9.17, 15) is 9.59 Å². The van der Waals surface area contributed by atoms with Gasteiger partial charge < -0.3 is 14.8 Å². The van der Waals surface area contributed by atoms with Crippen molar-refractivity contribution in [2.24, 2.45) is 0 Å². The Bertz CT molecular complexity index is 246. The summed E-state index contributed by atoms with van der Waals surface area (Å²) in [5.41, 5.74) is 0. The standard InChI is InChI=1S/C9H15NO4S/c1-3-13-9(12)10-7-4-15-5-8(7)14-6(2)11/h7-8H,3-5H2,1-2H3,(H,10,12)/t7-,8+/m1/s1. The van der Waals surface area contributed by atoms with E-state index in [0.29, 0.717) is 6.61 Å². The first-order chi connectivity index (χ1) is 7.13. The Hall–Kier alpha value is -0.910. The molecule has 15 heavy (non-hydrogen) atoms. The van der Waals surface area contributed by atoms with Crippen molar-refractivity contribution in [1.82, 2.24) is 5.32 Å². The Morgan fingerprint density at radius 1 is 1.47 bits per heavy atom. The fraction of sp³-hybridized carbons (Fsp3) is 0.778. The molecule has 0 spiro atoms. The van der Waals surface area contributed by atoms with E-state index >= 15 is 0 Å². The van der Waals surface area contributed by atoms with Gasteiger partial charge in [0.2, 0.25) is 0 Å². The summed E-state index contributed by atoms with van der Waals surface area (Å²) in [6.45, 7) is 3.45. The number of rotatable bonds is 3. The Kier molecular flexibility index (Phi) is 4.74. The third-order valence-electron chi connectivity index (χ3n) is 1.92. The van der Waals surface area contributed by atoms with Crippen molar-refractivity contribution in [2.75, 3.05) is 18.1 Å². The largest absolute Gasteiger partial charge is 0.459 e. The van der Waals surface area contributed by atoms with E-state index in [1.54, 1.807) is 18.7 Å². The molecule has 0 aliphatic carbocycles. The van der Waals surface area contributed by atoms with Crippen molar-refractivity contribution < 1.29 is 19.1 Å². The zero-order valence-electron chi connectivity index (χ0n) is 8.82. The van der Waals surface area contributed by atoms with Gasteiger partial charge in [0.25, 0.3) is 0 Å². The van der Waals surface area contributed by atoms with Crippen LogP contribution >= 0.6 is 11.8 Å². The number of hydrogen-bond donors (Lipinski definition) is 1. The van der Waals surface area contributed by atoms with Gasteiger partial charge in [-0.25, -0.2) is 4.79 Å². The van der Waals surface area contributed by atoms with E-state index in [1.165, 1.54) is 6.92 Å². The molecule has 1 aliphatic rings. The van der Waals surface area contributed by atoms with Crippen LogP contribution in [0.5, 0.6) is 0 Å². The highest BCUT2D eigenvalue weighted by atomic mass is 32.2. The minimum Gasteiger partial charge on any atom is -0.459 e. The smallest absolute Gasteiger partial charge is 0.407 e. The SMILES string of the molecule is CCOC(=O)N[C@@H]1CSC[C@@H]1OC(C)=O. The molecule has 0 aromatic rings. The van der Waals surface area contributed by atoms with E-state index in [-0.39, 0.29) is 18.1 Å². The molecule has 1 heterocycles. The lowest BCUT2D eigenvalue weighted by atomic mass is 10.2. The molecule has 5 nitrogen and oxygen atoms in total. The first-order valence-electron chi connectivity index (χ1n) is 4.81. The average Bonchev–Trinajstić information content (AvgIpc) is 2.52. The van der Waals surface area contributed by atoms with Crippen molar-refractivity contribution in [1.29, 1.82) is 0 Å². The second-order valence-electron chi connectivity index (χ2n) is 3.16. The highest BCUT2D eigenvalue weighted by Gasteiger charge is 2.31. The summed E-state index contributed by atoms with van der Waals surface area (Å²) in [6.07, 6.45) is -0.695. The number of nitrogens with one attached hydrogen (secondary N) is 1. The summed E-state index contributed by atoms with van der Waals surface area (Å²) in [7, 11) is 0. The molecule has 0 saturated carbocycles. The molecule has 0 aromatic heterocycles. The Labute approximate surface area is 92.9 Å². The van der Waals surface area contributed by atoms with Gasteiger partial charge in [0.05, 0.1) is 12.6 Å². The van der Waals surface area contributed by atoms with Gasteiger partial charge in [-0.15, -0.1) is 0 Å². The highest BCUT2D eigenvalue weighted by Crippen LogP contribution is 2.21. The summed E-state index contributed by atoms with van der Waals surface area (Å²) in [6, 6.07) is -0.141. The maximum absolute atomic E-state index is 11.1. The van der Waals surface area contributed by atoms with Crippen molar-refractivity contribution in [3.05, 3.63) is 0 Å². The van der Waals surface area contributed by atoms with Crippen molar-refractivity contribution in [3.8, 4) is 0 Å². The molecule has 0 unspecified atom stereocenters. The number of alkyl carbamates (subject to hydrolysis) is 1. The fourth-order valence-corrected chi connectivity index (χ4v) is 2.54. The van der Waals surface area contributed by atoms with Gasteiger partial charge in [0.15, 0.2) is 0 Å². The van der Waals surface area contributed by atoms with Gasteiger partial charge in [0, 0.05) is 18.4 Å². The first kappa shape index (κ1) is 12.2. The van der Waals surface area contributed by atoms with Crippen LogP contribution in [0.4, 0.5) is 4.79 Å². The molecule has 2 atom stereocenters. The van der Waals surface area contributed by atoms with E-state index in [4.69, 9.17) is 9.47 Å². The lowest BCUT2D eigenvalue weighted by Crippen LogP contribution is -2.44. The predicted molar refractivity (Wildman–Crippen MR) is 56.8 cm³/mol. The number of hydrogen-bond acceptors (Lipinski definition) is 5. The molecule has 0 radical (unpaired) electrons. The first-order valence-corrected chi connectivity index (χ1v) is 5.97. The van der Waals surface area contributed by atoms with Crippen LogP contribution in [0.3, 0.4) is 0 Å². The molecule has 0 bridgehead atoms. The van der Waals surface area contributed by atoms with Crippen LogP contribution in [-0.4, -0.2) is 42.3 Å². The number of esters is 1. The molecule has 1 fully saturated rings. The third-order valence-corrected chi connectivity index (χ3v) is 3.08. The van der Waals surface area contributed by atoms with Crippen molar-refractivity contribution >= 4 is 23.8 Å². The molecule has 1 amide bonds. The minimum atomic E-state index is -0.456. The second-order valence-corrected chi connectivity index (χ2v) is 4.23. The maximum atomic E-state index is 11.1. The van der Waals surface area contributed by atoms with Crippen LogP contribution in [0, 0.1) is 0 Å². The number of carbonyl (C=O) groups excluding carboxylic acids is 2. The Morgan fingerprint density at radius 2 is 2.20 bits per heavy atom. The van der Waals surface area contributed by atoms with Gasteiger partial charge in [-0.1, -0.05) is 0 Å². The minimum absolute atomic E-state index is 0.141. The van der Waals surface area contributed by atoms with E-state index < -0.39 is 6.09 Å². The van der Waals surface area contributed by atoms with Gasteiger partial charge in [-0.3, -0.25) is 4.79 Å². The van der Waals surface area contributed by atoms with E-state index in [2.05, 4.69) is 5.32 Å². The highest BCUT2D eigenvalue weighted by molar-refractivity contribution is 7.99. The number of amides is 1. The van der Waals surface area contributed by atoms with Crippen LogP contribution < -0.4 is 5.32 Å². The van der Waals surface area contributed by atoms with Crippen LogP contribution in [0.15, 0.2) is 0 Å². The topological polar surface area (TPSA) is 64.6 Å². The molecule has 1 aliphatic heterocycles. The lowest BCUT2D eigenvalue weighted by Gasteiger charge is -2.19. The molecule has 1 N–H and O–H groups in total. The van der Waals surface area contributed by atoms with Gasteiger partial charge in [-0.05, 0) is 6.92 Å². The summed E-state index contributed by atoms with van der Waals surface area (Å²) in [4.78, 5) is 21.9. The zero-order chi connectivity index (χ0) is 11.3. The molecule has 6 heteroatoms. The predicted octanol–water partition coefficient (Wildman–Crippen LogP) is 0.780. The number of ether oxygens (including phenoxy) is 2. The van der Waals surface area contributed by atoms with Crippen LogP contribution in [0.2, 0.25) is 0 Å².